The highest BCUT2D eigenvalue weighted by Gasteiger charge is 2.18. The molecular weight excluding hydrogens is 512 g/mol. The van der Waals surface area contributed by atoms with Gasteiger partial charge in [0.25, 0.3) is 0 Å². The molecule has 0 saturated heterocycles. The summed E-state index contributed by atoms with van der Waals surface area (Å²) in [6.07, 6.45) is 0.930. The quantitative estimate of drug-likeness (QED) is 0.214. The second-order valence-corrected chi connectivity index (χ2v) is 8.96. The monoisotopic (exact) mass is 550 g/mol. The van der Waals surface area contributed by atoms with Gasteiger partial charge in [-0.05, 0) is 61.7 Å². The number of ether oxygens (including phenoxy) is 4. The van der Waals surface area contributed by atoms with Crippen LogP contribution in [0, 0.1) is 0 Å². The van der Waals surface area contributed by atoms with Gasteiger partial charge in [0.15, 0.2) is 6.10 Å². The summed E-state index contributed by atoms with van der Waals surface area (Å²) in [5.74, 6) is 1.05. The van der Waals surface area contributed by atoms with Gasteiger partial charge in [-0.25, -0.2) is 9.59 Å². The van der Waals surface area contributed by atoms with E-state index >= 15 is 0 Å². The Kier molecular flexibility index (Phi) is 12.6. The number of para-hydroxylation sites is 3. The van der Waals surface area contributed by atoms with Gasteiger partial charge in [0, 0.05) is 19.6 Å². The maximum atomic E-state index is 13.2. The number of methoxy groups -OCH3 is 1. The lowest BCUT2D eigenvalue weighted by molar-refractivity contribution is -0.149. The normalized spacial score (nSPS) is 11.3. The van der Waals surface area contributed by atoms with E-state index in [9.17, 15) is 14.7 Å². The first-order valence-corrected chi connectivity index (χ1v) is 13.4. The molecule has 0 spiro atoms. The van der Waals surface area contributed by atoms with E-state index in [0.717, 1.165) is 24.2 Å². The third kappa shape index (κ3) is 10.1. The van der Waals surface area contributed by atoms with Crippen LogP contribution in [0.2, 0.25) is 0 Å². The summed E-state index contributed by atoms with van der Waals surface area (Å²) >= 11 is 0. The molecule has 40 heavy (non-hydrogen) atoms. The van der Waals surface area contributed by atoms with Crippen molar-refractivity contribution in [3.63, 3.8) is 0 Å². The zero-order valence-corrected chi connectivity index (χ0v) is 23.1. The molecule has 2 amide bonds. The van der Waals surface area contributed by atoms with Crippen molar-refractivity contribution in [2.45, 2.75) is 32.3 Å². The number of nitrogens with one attached hydrogen (secondary N) is 1. The van der Waals surface area contributed by atoms with Gasteiger partial charge in [-0.1, -0.05) is 42.5 Å². The van der Waals surface area contributed by atoms with Gasteiger partial charge in [-0.15, -0.1) is 0 Å². The van der Waals surface area contributed by atoms with Crippen LogP contribution in [0.3, 0.4) is 0 Å². The number of carbonyl (C=O) groups excluding carboxylic acids is 1. The molecule has 2 N–H and O–H groups in total. The molecule has 0 fully saturated rings. The van der Waals surface area contributed by atoms with E-state index < -0.39 is 12.1 Å². The average Bonchev–Trinajstić information content (AvgIpc) is 2.97. The van der Waals surface area contributed by atoms with Crippen LogP contribution in [-0.4, -0.2) is 68.1 Å². The fraction of sp³-hybridized carbons (Fsp3) is 0.355. The molecule has 214 valence electrons. The molecule has 0 aliphatic rings. The molecule has 3 rings (SSSR count). The standard InChI is InChI=1S/C31H38N2O7/c1-3-38-29(30(34)35)23-24-15-17-26(18-16-24)40-22-20-33(19-9-10-21-39-25-11-5-4-6-12-25)31(36)32-27-13-7-8-14-28(27)37-2/h4-8,11-18,29H,3,9-10,19-23H2,1-2H3,(H,32,36)(H,34,35). The number of unbranched alkanes of at least 4 members (excludes halogenated alkanes) is 1. The number of carboxylic acid groups (broad SMARTS) is 1. The van der Waals surface area contributed by atoms with Crippen LogP contribution < -0.4 is 19.5 Å². The number of carbonyl (C=O) groups is 2. The predicted molar refractivity (Wildman–Crippen MR) is 153 cm³/mol. The Bertz CT molecular complexity index is 1170. The Morgan fingerprint density at radius 3 is 2.23 bits per heavy atom. The summed E-state index contributed by atoms with van der Waals surface area (Å²) < 4.78 is 22.3. The van der Waals surface area contributed by atoms with Crippen molar-refractivity contribution in [3.8, 4) is 17.2 Å². The largest absolute Gasteiger partial charge is 0.495 e. The highest BCUT2D eigenvalue weighted by Crippen LogP contribution is 2.23. The molecule has 9 heteroatoms. The summed E-state index contributed by atoms with van der Waals surface area (Å²) in [7, 11) is 1.56. The molecule has 0 aromatic heterocycles. The fourth-order valence-electron chi connectivity index (χ4n) is 4.00. The zero-order chi connectivity index (χ0) is 28.6. The molecular formula is C31H38N2O7. The van der Waals surface area contributed by atoms with Gasteiger partial charge in [0.1, 0.15) is 23.9 Å². The molecule has 0 saturated carbocycles. The average molecular weight is 551 g/mol. The molecule has 0 radical (unpaired) electrons. The Hall–Kier alpha value is -4.24. The van der Waals surface area contributed by atoms with E-state index in [-0.39, 0.29) is 19.1 Å². The van der Waals surface area contributed by atoms with Crippen molar-refractivity contribution in [2.75, 3.05) is 45.3 Å². The molecule has 0 heterocycles. The maximum Gasteiger partial charge on any atom is 0.333 e. The first-order valence-electron chi connectivity index (χ1n) is 13.4. The van der Waals surface area contributed by atoms with Crippen LogP contribution in [-0.2, 0) is 16.0 Å². The minimum absolute atomic E-state index is 0.247. The van der Waals surface area contributed by atoms with Crippen molar-refractivity contribution >= 4 is 17.7 Å². The van der Waals surface area contributed by atoms with Gasteiger partial charge in [-0.3, -0.25) is 0 Å². The minimum Gasteiger partial charge on any atom is -0.495 e. The Morgan fingerprint density at radius 2 is 1.52 bits per heavy atom. The third-order valence-electron chi connectivity index (χ3n) is 6.09. The summed E-state index contributed by atoms with van der Waals surface area (Å²) in [5.41, 5.74) is 1.43. The van der Waals surface area contributed by atoms with Crippen molar-refractivity contribution < 1.29 is 33.6 Å². The second kappa shape index (κ2) is 16.7. The molecule has 9 nitrogen and oxygen atoms in total. The van der Waals surface area contributed by atoms with Crippen LogP contribution in [0.15, 0.2) is 78.9 Å². The summed E-state index contributed by atoms with van der Waals surface area (Å²) in [4.78, 5) is 26.2. The van der Waals surface area contributed by atoms with Gasteiger partial charge in [0.2, 0.25) is 0 Å². The second-order valence-electron chi connectivity index (χ2n) is 8.96. The molecule has 3 aromatic carbocycles. The van der Waals surface area contributed by atoms with Crippen LogP contribution in [0.5, 0.6) is 17.2 Å². The molecule has 0 aliphatic carbocycles. The topological polar surface area (TPSA) is 107 Å². The van der Waals surface area contributed by atoms with Crippen molar-refractivity contribution in [3.05, 3.63) is 84.4 Å². The molecule has 3 aromatic rings. The number of carboxylic acids is 1. The predicted octanol–water partition coefficient (Wildman–Crippen LogP) is 5.50. The first-order chi connectivity index (χ1) is 19.5. The summed E-state index contributed by atoms with van der Waals surface area (Å²) in [6, 6.07) is 23.9. The molecule has 1 unspecified atom stereocenters. The lowest BCUT2D eigenvalue weighted by Crippen LogP contribution is -2.38. The number of anilines is 1. The Labute approximate surface area is 235 Å². The maximum absolute atomic E-state index is 13.2. The van der Waals surface area contributed by atoms with E-state index in [1.54, 1.807) is 43.2 Å². The highest BCUT2D eigenvalue weighted by molar-refractivity contribution is 5.91. The van der Waals surface area contributed by atoms with Crippen LogP contribution >= 0.6 is 0 Å². The number of rotatable bonds is 17. The van der Waals surface area contributed by atoms with Gasteiger partial charge in [-0.2, -0.15) is 0 Å². The van der Waals surface area contributed by atoms with E-state index in [4.69, 9.17) is 18.9 Å². The number of hydrogen-bond acceptors (Lipinski definition) is 6. The van der Waals surface area contributed by atoms with Gasteiger partial charge < -0.3 is 34.3 Å². The number of nitrogens with zero attached hydrogens (tertiary/aromatic N) is 1. The van der Waals surface area contributed by atoms with Gasteiger partial charge in [0.05, 0.1) is 25.9 Å². The van der Waals surface area contributed by atoms with E-state index in [1.807, 2.05) is 54.6 Å². The number of aliphatic carboxylic acids is 1. The lowest BCUT2D eigenvalue weighted by Gasteiger charge is -2.24. The highest BCUT2D eigenvalue weighted by atomic mass is 16.5. The lowest BCUT2D eigenvalue weighted by atomic mass is 10.1. The van der Waals surface area contributed by atoms with Crippen molar-refractivity contribution in [1.29, 1.82) is 0 Å². The smallest absolute Gasteiger partial charge is 0.333 e. The minimum atomic E-state index is -0.986. The molecule has 1 atom stereocenters. The number of benzene rings is 3. The SMILES string of the molecule is CCOC(Cc1ccc(OCCN(CCCCOc2ccccc2)C(=O)Nc2ccccc2OC)cc1)C(=O)O. The van der Waals surface area contributed by atoms with Crippen molar-refractivity contribution in [2.24, 2.45) is 0 Å². The van der Waals surface area contributed by atoms with E-state index in [2.05, 4.69) is 5.32 Å². The fourth-order valence-corrected chi connectivity index (χ4v) is 4.00. The van der Waals surface area contributed by atoms with E-state index in [0.29, 0.717) is 43.5 Å². The molecule has 0 bridgehead atoms. The van der Waals surface area contributed by atoms with Crippen molar-refractivity contribution in [1.82, 2.24) is 4.90 Å². The Morgan fingerprint density at radius 1 is 0.850 bits per heavy atom. The number of urea groups is 1. The summed E-state index contributed by atoms with van der Waals surface area (Å²) in [5, 5.41) is 12.2. The number of hydrogen-bond donors (Lipinski definition) is 2. The first kappa shape index (κ1) is 30.3. The zero-order valence-electron chi connectivity index (χ0n) is 23.1. The summed E-state index contributed by atoms with van der Waals surface area (Å²) in [6.45, 7) is 3.84. The number of amides is 2. The van der Waals surface area contributed by atoms with Crippen LogP contribution in [0.25, 0.3) is 0 Å². The van der Waals surface area contributed by atoms with Crippen LogP contribution in [0.4, 0.5) is 10.5 Å². The van der Waals surface area contributed by atoms with Gasteiger partial charge >= 0.3 is 12.0 Å². The third-order valence-corrected chi connectivity index (χ3v) is 6.09. The molecule has 0 aliphatic heterocycles. The van der Waals surface area contributed by atoms with E-state index in [1.165, 1.54) is 0 Å². The van der Waals surface area contributed by atoms with Crippen LogP contribution in [0.1, 0.15) is 25.3 Å². The Balaban J connectivity index is 1.54.